The number of anilines is 1. The number of halogens is 3. The van der Waals surface area contributed by atoms with E-state index in [1.807, 2.05) is 0 Å². The largest absolute Gasteiger partial charge is 0.495 e. The Morgan fingerprint density at radius 1 is 1.15 bits per heavy atom. The van der Waals surface area contributed by atoms with E-state index < -0.39 is 0 Å². The molecule has 0 bridgehead atoms. The van der Waals surface area contributed by atoms with E-state index in [1.165, 1.54) is 7.11 Å². The van der Waals surface area contributed by atoms with E-state index in [9.17, 15) is 4.79 Å². The number of methoxy groups -OCH3 is 1. The van der Waals surface area contributed by atoms with Gasteiger partial charge >= 0.3 is 0 Å². The Morgan fingerprint density at radius 3 is 2.45 bits per heavy atom. The first-order valence-electron chi connectivity index (χ1n) is 5.61. The van der Waals surface area contributed by atoms with Crippen molar-refractivity contribution in [2.24, 2.45) is 0 Å². The van der Waals surface area contributed by atoms with Gasteiger partial charge in [0.1, 0.15) is 5.75 Å². The zero-order valence-electron chi connectivity index (χ0n) is 10.4. The van der Waals surface area contributed by atoms with E-state index in [-0.39, 0.29) is 5.91 Å². The molecule has 2 aromatic rings. The molecule has 0 spiro atoms. The van der Waals surface area contributed by atoms with Crippen LogP contribution in [0.15, 0.2) is 36.4 Å². The second-order valence-electron chi connectivity index (χ2n) is 3.92. The predicted octanol–water partition coefficient (Wildman–Crippen LogP) is 4.86. The minimum Gasteiger partial charge on any atom is -0.495 e. The Labute approximate surface area is 140 Å². The van der Waals surface area contributed by atoms with E-state index in [0.717, 1.165) is 3.57 Å². The molecule has 3 nitrogen and oxygen atoms in total. The molecule has 0 heterocycles. The van der Waals surface area contributed by atoms with Crippen molar-refractivity contribution in [2.75, 3.05) is 12.4 Å². The summed E-state index contributed by atoms with van der Waals surface area (Å²) >= 11 is 13.9. The molecule has 0 saturated carbocycles. The van der Waals surface area contributed by atoms with Gasteiger partial charge in [0, 0.05) is 13.6 Å². The van der Waals surface area contributed by atoms with Crippen LogP contribution in [0.25, 0.3) is 0 Å². The molecule has 6 heteroatoms. The van der Waals surface area contributed by atoms with Gasteiger partial charge in [0.15, 0.2) is 0 Å². The number of amides is 1. The van der Waals surface area contributed by atoms with Crippen LogP contribution in [0.4, 0.5) is 5.69 Å². The summed E-state index contributed by atoms with van der Waals surface area (Å²) in [5.74, 6) is 0.304. The number of carbonyl (C=O) groups excluding carboxylic acids is 1. The van der Waals surface area contributed by atoms with Crippen LogP contribution in [0.2, 0.25) is 10.0 Å². The number of ether oxygens (including phenoxy) is 1. The van der Waals surface area contributed by atoms with Gasteiger partial charge in [0.05, 0.1) is 18.4 Å². The maximum absolute atomic E-state index is 12.3. The molecule has 0 aliphatic carbocycles. The molecule has 0 aliphatic heterocycles. The van der Waals surface area contributed by atoms with Crippen molar-refractivity contribution >= 4 is 57.4 Å². The molecule has 20 heavy (non-hydrogen) atoms. The first-order chi connectivity index (χ1) is 9.51. The summed E-state index contributed by atoms with van der Waals surface area (Å²) in [6, 6.07) is 10.1. The number of hydrogen-bond acceptors (Lipinski definition) is 2. The zero-order valence-corrected chi connectivity index (χ0v) is 14.1. The van der Waals surface area contributed by atoms with Gasteiger partial charge in [-0.15, -0.1) is 0 Å². The first-order valence-corrected chi connectivity index (χ1v) is 7.44. The lowest BCUT2D eigenvalue weighted by atomic mass is 10.2. The maximum atomic E-state index is 12.3. The fraction of sp³-hybridized carbons (Fsp3) is 0.0714. The van der Waals surface area contributed by atoms with Crippen molar-refractivity contribution < 1.29 is 9.53 Å². The van der Waals surface area contributed by atoms with Crippen LogP contribution < -0.4 is 10.1 Å². The lowest BCUT2D eigenvalue weighted by molar-refractivity contribution is 0.102. The number of nitrogens with one attached hydrogen (secondary N) is 1. The molecule has 2 rings (SSSR count). The fourth-order valence-corrected chi connectivity index (χ4v) is 2.93. The third kappa shape index (κ3) is 3.56. The Morgan fingerprint density at radius 2 is 1.80 bits per heavy atom. The second kappa shape index (κ2) is 6.65. The molecule has 104 valence electrons. The molecule has 2 aromatic carbocycles. The normalized spacial score (nSPS) is 10.2. The van der Waals surface area contributed by atoms with Crippen molar-refractivity contribution in [3.05, 3.63) is 55.6 Å². The van der Waals surface area contributed by atoms with E-state index in [4.69, 9.17) is 27.9 Å². The van der Waals surface area contributed by atoms with Crippen LogP contribution >= 0.6 is 45.8 Å². The highest BCUT2D eigenvalue weighted by molar-refractivity contribution is 14.1. The Kier molecular flexibility index (Phi) is 5.12. The van der Waals surface area contributed by atoms with E-state index in [0.29, 0.717) is 27.0 Å². The van der Waals surface area contributed by atoms with Gasteiger partial charge in [-0.1, -0.05) is 23.2 Å². The standard InChI is InChI=1S/C14H10Cl2INO2/c1-20-13-5-3-9(16)7-12(13)18-14(19)10-4-2-8(15)6-11(10)17/h2-7H,1H3,(H,18,19). The highest BCUT2D eigenvalue weighted by Gasteiger charge is 2.13. The van der Waals surface area contributed by atoms with Gasteiger partial charge in [-0.05, 0) is 59.0 Å². The van der Waals surface area contributed by atoms with E-state index >= 15 is 0 Å². The Bertz CT molecular complexity index is 662. The summed E-state index contributed by atoms with van der Waals surface area (Å²) in [5.41, 5.74) is 1.06. The number of carbonyl (C=O) groups is 1. The van der Waals surface area contributed by atoms with Gasteiger partial charge < -0.3 is 10.1 Å². The number of benzene rings is 2. The fourth-order valence-electron chi connectivity index (χ4n) is 1.64. The average Bonchev–Trinajstić information content (AvgIpc) is 2.38. The third-order valence-corrected chi connectivity index (χ3v) is 3.95. The summed E-state index contributed by atoms with van der Waals surface area (Å²) in [7, 11) is 1.53. The number of rotatable bonds is 3. The summed E-state index contributed by atoms with van der Waals surface area (Å²) in [4.78, 5) is 12.3. The van der Waals surface area contributed by atoms with Gasteiger partial charge in [-0.3, -0.25) is 4.79 Å². The topological polar surface area (TPSA) is 38.3 Å². The summed E-state index contributed by atoms with van der Waals surface area (Å²) in [6.45, 7) is 0. The van der Waals surface area contributed by atoms with Gasteiger partial charge in [-0.25, -0.2) is 0 Å². The molecule has 0 aromatic heterocycles. The van der Waals surface area contributed by atoms with Crippen LogP contribution in [-0.2, 0) is 0 Å². The summed E-state index contributed by atoms with van der Waals surface area (Å²) in [6.07, 6.45) is 0. The molecular weight excluding hydrogens is 412 g/mol. The maximum Gasteiger partial charge on any atom is 0.256 e. The van der Waals surface area contributed by atoms with Crippen molar-refractivity contribution in [3.63, 3.8) is 0 Å². The second-order valence-corrected chi connectivity index (χ2v) is 5.96. The quantitative estimate of drug-likeness (QED) is 0.718. The van der Waals surface area contributed by atoms with E-state index in [1.54, 1.807) is 36.4 Å². The SMILES string of the molecule is COc1ccc(Cl)cc1NC(=O)c1ccc(Cl)cc1I. The zero-order chi connectivity index (χ0) is 14.7. The van der Waals surface area contributed by atoms with Gasteiger partial charge in [0.25, 0.3) is 5.91 Å². The monoisotopic (exact) mass is 421 g/mol. The summed E-state index contributed by atoms with van der Waals surface area (Å²) in [5, 5.41) is 3.89. The van der Waals surface area contributed by atoms with Crippen molar-refractivity contribution in [3.8, 4) is 5.75 Å². The smallest absolute Gasteiger partial charge is 0.256 e. The van der Waals surface area contributed by atoms with Crippen molar-refractivity contribution in [2.45, 2.75) is 0 Å². The van der Waals surface area contributed by atoms with Crippen LogP contribution in [0.5, 0.6) is 5.75 Å². The molecule has 0 unspecified atom stereocenters. The van der Waals surface area contributed by atoms with Crippen molar-refractivity contribution in [1.29, 1.82) is 0 Å². The van der Waals surface area contributed by atoms with Crippen LogP contribution in [0, 0.1) is 3.57 Å². The Hall–Kier alpha value is -0.980. The van der Waals surface area contributed by atoms with Gasteiger partial charge in [0.2, 0.25) is 0 Å². The Balaban J connectivity index is 2.30. The van der Waals surface area contributed by atoms with Crippen LogP contribution in [-0.4, -0.2) is 13.0 Å². The molecule has 0 saturated heterocycles. The molecule has 0 atom stereocenters. The van der Waals surface area contributed by atoms with E-state index in [2.05, 4.69) is 27.9 Å². The minimum atomic E-state index is -0.244. The van der Waals surface area contributed by atoms with Crippen molar-refractivity contribution in [1.82, 2.24) is 0 Å². The molecule has 0 fully saturated rings. The average molecular weight is 422 g/mol. The molecule has 0 aliphatic rings. The molecular formula is C14H10Cl2INO2. The molecule has 1 N–H and O–H groups in total. The summed E-state index contributed by atoms with van der Waals surface area (Å²) < 4.78 is 5.96. The van der Waals surface area contributed by atoms with Crippen LogP contribution in [0.3, 0.4) is 0 Å². The predicted molar refractivity (Wildman–Crippen MR) is 90.1 cm³/mol. The minimum absolute atomic E-state index is 0.244. The lowest BCUT2D eigenvalue weighted by Crippen LogP contribution is -2.14. The van der Waals surface area contributed by atoms with Gasteiger partial charge in [-0.2, -0.15) is 0 Å². The number of hydrogen-bond donors (Lipinski definition) is 1. The third-order valence-electron chi connectivity index (χ3n) is 2.59. The highest BCUT2D eigenvalue weighted by Crippen LogP contribution is 2.28. The lowest BCUT2D eigenvalue weighted by Gasteiger charge is -2.11. The first kappa shape index (κ1) is 15.4. The molecule has 0 radical (unpaired) electrons. The molecule has 1 amide bonds. The highest BCUT2D eigenvalue weighted by atomic mass is 127. The van der Waals surface area contributed by atoms with Crippen LogP contribution in [0.1, 0.15) is 10.4 Å².